The fourth-order valence-electron chi connectivity index (χ4n) is 1.97. The van der Waals surface area contributed by atoms with Gasteiger partial charge in [-0.2, -0.15) is 13.5 Å². The van der Waals surface area contributed by atoms with Crippen LogP contribution in [0.2, 0.25) is 10.0 Å². The smallest absolute Gasteiger partial charge is 0.200 e. The van der Waals surface area contributed by atoms with Gasteiger partial charge in [0.05, 0.1) is 21.2 Å². The molecule has 0 unspecified atom stereocenters. The summed E-state index contributed by atoms with van der Waals surface area (Å²) < 4.78 is 24.5. The Morgan fingerprint density at radius 1 is 1.04 bits per heavy atom. The largest absolute Gasteiger partial charge is 0.276 e. The van der Waals surface area contributed by atoms with Crippen molar-refractivity contribution in [2.45, 2.75) is 31.1 Å². The van der Waals surface area contributed by atoms with Gasteiger partial charge in [0.25, 0.3) is 10.0 Å². The molecule has 2 aromatic rings. The molecule has 24 heavy (non-hydrogen) atoms. The van der Waals surface area contributed by atoms with E-state index in [9.17, 15) is 8.42 Å². The van der Waals surface area contributed by atoms with Gasteiger partial charge in [0.15, 0.2) is 0 Å². The van der Waals surface area contributed by atoms with E-state index in [1.54, 1.807) is 42.5 Å². The second kappa shape index (κ2) is 7.13. The van der Waals surface area contributed by atoms with E-state index in [0.29, 0.717) is 15.6 Å². The van der Waals surface area contributed by atoms with Crippen LogP contribution in [-0.2, 0) is 15.4 Å². The Morgan fingerprint density at radius 3 is 2.25 bits per heavy atom. The Morgan fingerprint density at radius 2 is 1.67 bits per heavy atom. The summed E-state index contributed by atoms with van der Waals surface area (Å²) in [4.78, 5) is 2.31. The molecule has 0 saturated carbocycles. The van der Waals surface area contributed by atoms with Crippen LogP contribution < -0.4 is 4.83 Å². The highest BCUT2D eigenvalue weighted by molar-refractivity contribution is 7.89. The highest BCUT2D eigenvalue weighted by atomic mass is 35.5. The first kappa shape index (κ1) is 18.8. The van der Waals surface area contributed by atoms with Gasteiger partial charge in [0, 0.05) is 5.56 Å². The van der Waals surface area contributed by atoms with Crippen LogP contribution in [0.3, 0.4) is 0 Å². The summed E-state index contributed by atoms with van der Waals surface area (Å²) in [5, 5.41) is 4.45. The zero-order valence-electron chi connectivity index (χ0n) is 13.5. The molecule has 0 aliphatic rings. The number of halogens is 2. The molecular formula is C17H18Cl2N2O2S. The van der Waals surface area contributed by atoms with Crippen molar-refractivity contribution < 1.29 is 8.42 Å². The van der Waals surface area contributed by atoms with Gasteiger partial charge in [0.1, 0.15) is 0 Å². The molecule has 0 atom stereocenters. The van der Waals surface area contributed by atoms with E-state index < -0.39 is 10.0 Å². The van der Waals surface area contributed by atoms with Crippen molar-refractivity contribution in [2.24, 2.45) is 5.10 Å². The summed E-state index contributed by atoms with van der Waals surface area (Å²) in [6.07, 6.45) is 1.31. The normalized spacial score (nSPS) is 12.5. The zero-order chi connectivity index (χ0) is 18.0. The summed E-state index contributed by atoms with van der Waals surface area (Å²) in [6.45, 7) is 6.19. The summed E-state index contributed by atoms with van der Waals surface area (Å²) in [5.74, 6) is 0. The molecule has 0 heterocycles. The number of hydrazone groups is 1. The fourth-order valence-corrected chi connectivity index (χ4v) is 3.12. The first-order chi connectivity index (χ1) is 11.1. The quantitative estimate of drug-likeness (QED) is 0.618. The Bertz CT molecular complexity index is 855. The van der Waals surface area contributed by atoms with Gasteiger partial charge >= 0.3 is 0 Å². The van der Waals surface area contributed by atoms with Crippen molar-refractivity contribution in [3.05, 3.63) is 63.6 Å². The number of hydrogen-bond donors (Lipinski definition) is 1. The Hall–Kier alpha value is -1.56. The molecule has 0 amide bonds. The second-order valence-corrected chi connectivity index (χ2v) is 8.72. The third kappa shape index (κ3) is 4.50. The molecule has 0 bridgehead atoms. The minimum absolute atomic E-state index is 0.0444. The van der Waals surface area contributed by atoms with Crippen LogP contribution in [-0.4, -0.2) is 14.6 Å². The number of nitrogens with zero attached hydrogens (tertiary/aromatic N) is 1. The molecule has 128 valence electrons. The van der Waals surface area contributed by atoms with E-state index in [1.807, 2.05) is 0 Å². The average molecular weight is 385 g/mol. The van der Waals surface area contributed by atoms with Crippen LogP contribution in [0.25, 0.3) is 0 Å². The van der Waals surface area contributed by atoms with E-state index in [1.165, 1.54) is 6.21 Å². The van der Waals surface area contributed by atoms with Gasteiger partial charge in [-0.15, -0.1) is 0 Å². The van der Waals surface area contributed by atoms with Crippen LogP contribution in [0.1, 0.15) is 31.9 Å². The topological polar surface area (TPSA) is 58.5 Å². The minimum Gasteiger partial charge on any atom is -0.200 e. The van der Waals surface area contributed by atoms with Gasteiger partial charge < -0.3 is 0 Å². The maximum atomic E-state index is 12.3. The number of benzene rings is 2. The molecule has 4 nitrogen and oxygen atoms in total. The molecule has 0 aliphatic heterocycles. The van der Waals surface area contributed by atoms with Gasteiger partial charge in [-0.25, -0.2) is 4.83 Å². The van der Waals surface area contributed by atoms with E-state index in [4.69, 9.17) is 23.2 Å². The van der Waals surface area contributed by atoms with Gasteiger partial charge in [-0.3, -0.25) is 0 Å². The van der Waals surface area contributed by atoms with Crippen molar-refractivity contribution in [3.8, 4) is 0 Å². The number of hydrogen-bond acceptors (Lipinski definition) is 3. The third-order valence-electron chi connectivity index (χ3n) is 3.39. The fraction of sp³-hybridized carbons (Fsp3) is 0.235. The molecule has 0 spiro atoms. The van der Waals surface area contributed by atoms with E-state index in [0.717, 1.165) is 5.56 Å². The minimum atomic E-state index is -3.74. The van der Waals surface area contributed by atoms with E-state index in [-0.39, 0.29) is 10.3 Å². The van der Waals surface area contributed by atoms with Crippen molar-refractivity contribution in [2.75, 3.05) is 0 Å². The van der Waals surface area contributed by atoms with Crippen LogP contribution in [0.4, 0.5) is 0 Å². The molecule has 0 radical (unpaired) electrons. The predicted molar refractivity (Wildman–Crippen MR) is 99.5 cm³/mol. The highest BCUT2D eigenvalue weighted by Gasteiger charge is 2.17. The lowest BCUT2D eigenvalue weighted by Gasteiger charge is -2.19. The maximum absolute atomic E-state index is 12.3. The first-order valence-electron chi connectivity index (χ1n) is 7.21. The summed E-state index contributed by atoms with van der Waals surface area (Å²) in [6, 6.07) is 11.7. The monoisotopic (exact) mass is 384 g/mol. The Kier molecular flexibility index (Phi) is 5.58. The lowest BCUT2D eigenvalue weighted by Crippen LogP contribution is -2.19. The molecule has 2 aromatic carbocycles. The maximum Gasteiger partial charge on any atom is 0.276 e. The van der Waals surface area contributed by atoms with Crippen LogP contribution >= 0.6 is 23.2 Å². The van der Waals surface area contributed by atoms with Gasteiger partial charge in [0.2, 0.25) is 0 Å². The standard InChI is InChI=1S/C17H18Cl2N2O2S/c1-17(2,3)13-7-9-14(10-8-13)24(22,23)21-20-11-12-5-4-6-15(18)16(12)19/h4-11,21H,1-3H3/b20-11+. The summed E-state index contributed by atoms with van der Waals surface area (Å²) in [7, 11) is -3.74. The average Bonchev–Trinajstić information content (AvgIpc) is 2.51. The molecule has 2 rings (SSSR count). The first-order valence-corrected chi connectivity index (χ1v) is 9.44. The van der Waals surface area contributed by atoms with Crippen molar-refractivity contribution in [3.63, 3.8) is 0 Å². The van der Waals surface area contributed by atoms with Crippen LogP contribution in [0.5, 0.6) is 0 Å². The summed E-state index contributed by atoms with van der Waals surface area (Å²) >= 11 is 11.9. The number of nitrogens with one attached hydrogen (secondary N) is 1. The number of sulfonamides is 1. The molecule has 7 heteroatoms. The second-order valence-electron chi connectivity index (χ2n) is 6.27. The van der Waals surface area contributed by atoms with Crippen molar-refractivity contribution in [1.29, 1.82) is 0 Å². The predicted octanol–water partition coefficient (Wildman–Crippen LogP) is 4.60. The Balaban J connectivity index is 2.17. The zero-order valence-corrected chi connectivity index (χ0v) is 15.9. The van der Waals surface area contributed by atoms with Crippen LogP contribution in [0.15, 0.2) is 52.5 Å². The SMILES string of the molecule is CC(C)(C)c1ccc(S(=O)(=O)N/N=C/c2cccc(Cl)c2Cl)cc1. The Labute approximate surface area is 152 Å². The molecular weight excluding hydrogens is 367 g/mol. The molecule has 0 aromatic heterocycles. The molecule has 0 saturated heterocycles. The van der Waals surface area contributed by atoms with Gasteiger partial charge in [-0.1, -0.05) is 68.2 Å². The van der Waals surface area contributed by atoms with E-state index >= 15 is 0 Å². The van der Waals surface area contributed by atoms with Crippen molar-refractivity contribution in [1.82, 2.24) is 4.83 Å². The molecule has 0 fully saturated rings. The van der Waals surface area contributed by atoms with Gasteiger partial charge in [-0.05, 0) is 29.2 Å². The lowest BCUT2D eigenvalue weighted by molar-refractivity contribution is 0.580. The molecule has 0 aliphatic carbocycles. The highest BCUT2D eigenvalue weighted by Crippen LogP contribution is 2.25. The van der Waals surface area contributed by atoms with Crippen LogP contribution in [0, 0.1) is 0 Å². The summed E-state index contributed by atoms with van der Waals surface area (Å²) in [5.41, 5.74) is 1.53. The lowest BCUT2D eigenvalue weighted by atomic mass is 9.87. The third-order valence-corrected chi connectivity index (χ3v) is 5.46. The van der Waals surface area contributed by atoms with E-state index in [2.05, 4.69) is 30.7 Å². The van der Waals surface area contributed by atoms with Crippen molar-refractivity contribution >= 4 is 39.4 Å². The molecule has 1 N–H and O–H groups in total. The number of rotatable bonds is 4.